The van der Waals surface area contributed by atoms with Gasteiger partial charge in [0.05, 0.1) is 24.8 Å². The Morgan fingerprint density at radius 1 is 1.00 bits per heavy atom. The summed E-state index contributed by atoms with van der Waals surface area (Å²) in [6.45, 7) is 1.81. The molecule has 0 atom stereocenters. The predicted octanol–water partition coefficient (Wildman–Crippen LogP) is 4.41. The molecule has 168 valence electrons. The van der Waals surface area contributed by atoms with Gasteiger partial charge in [0, 0.05) is 18.0 Å². The van der Waals surface area contributed by atoms with Crippen molar-refractivity contribution in [3.05, 3.63) is 53.9 Å². The van der Waals surface area contributed by atoms with Crippen LogP contribution in [0, 0.1) is 6.92 Å². The normalized spacial score (nSPS) is 12.4. The van der Waals surface area contributed by atoms with E-state index in [4.69, 9.17) is 4.74 Å². The topological polar surface area (TPSA) is 82.2 Å². The van der Waals surface area contributed by atoms with Crippen LogP contribution in [0.3, 0.4) is 0 Å². The van der Waals surface area contributed by atoms with Gasteiger partial charge in [-0.15, -0.1) is 5.10 Å². The first-order chi connectivity index (χ1) is 15.0. The summed E-state index contributed by atoms with van der Waals surface area (Å²) in [5, 5.41) is 6.28. The third-order valence-electron chi connectivity index (χ3n) is 4.32. The molecule has 4 aromatic rings. The zero-order chi connectivity index (χ0) is 23.3. The van der Waals surface area contributed by atoms with Gasteiger partial charge in [0.1, 0.15) is 5.75 Å². The number of halogens is 6. The number of imidazole rings is 1. The van der Waals surface area contributed by atoms with Crippen LogP contribution in [-0.4, -0.2) is 36.2 Å². The number of fused-ring (bicyclic) bond motifs is 1. The summed E-state index contributed by atoms with van der Waals surface area (Å²) in [5.41, 5.74) is -1.65. The van der Waals surface area contributed by atoms with Gasteiger partial charge in [0.15, 0.2) is 11.4 Å². The van der Waals surface area contributed by atoms with E-state index < -0.39 is 29.5 Å². The lowest BCUT2D eigenvalue weighted by molar-refractivity contribution is -0.148. The second-order valence-electron chi connectivity index (χ2n) is 6.60. The number of benzene rings is 1. The molecule has 0 aliphatic carbocycles. The summed E-state index contributed by atoms with van der Waals surface area (Å²) >= 11 is 0. The van der Waals surface area contributed by atoms with Crippen LogP contribution in [0.4, 0.5) is 38.0 Å². The molecule has 0 spiro atoms. The van der Waals surface area contributed by atoms with E-state index in [1.54, 1.807) is 36.1 Å². The molecular weight excluding hydrogens is 444 g/mol. The van der Waals surface area contributed by atoms with Crippen molar-refractivity contribution in [2.75, 3.05) is 12.4 Å². The van der Waals surface area contributed by atoms with Crippen LogP contribution in [0.15, 0.2) is 36.8 Å². The molecule has 1 N–H and O–H groups in total. The first-order valence-corrected chi connectivity index (χ1v) is 8.84. The second kappa shape index (κ2) is 7.39. The van der Waals surface area contributed by atoms with Crippen LogP contribution < -0.4 is 10.1 Å². The number of anilines is 2. The van der Waals surface area contributed by atoms with Crippen LogP contribution in [-0.2, 0) is 12.4 Å². The summed E-state index contributed by atoms with van der Waals surface area (Å²) < 4.78 is 86.1. The number of aromatic nitrogens is 6. The molecule has 0 aliphatic rings. The molecule has 0 saturated heterocycles. The van der Waals surface area contributed by atoms with Crippen LogP contribution in [0.2, 0.25) is 0 Å². The summed E-state index contributed by atoms with van der Waals surface area (Å²) in [7, 11) is 1.42. The van der Waals surface area contributed by atoms with Gasteiger partial charge in [-0.3, -0.25) is 0 Å². The van der Waals surface area contributed by atoms with Crippen LogP contribution in [0.5, 0.6) is 5.75 Å². The Morgan fingerprint density at radius 3 is 2.34 bits per heavy atom. The van der Waals surface area contributed by atoms with Crippen molar-refractivity contribution in [1.29, 1.82) is 0 Å². The third-order valence-corrected chi connectivity index (χ3v) is 4.32. The molecule has 8 nitrogen and oxygen atoms in total. The summed E-state index contributed by atoms with van der Waals surface area (Å²) in [5.74, 6) is -0.840. The van der Waals surface area contributed by atoms with Gasteiger partial charge in [-0.05, 0) is 25.1 Å². The molecule has 4 rings (SSSR count). The molecule has 0 aliphatic heterocycles. The Balaban J connectivity index is 1.73. The molecule has 0 unspecified atom stereocenters. The number of nitrogens with zero attached hydrogens (tertiary/aromatic N) is 6. The maximum absolute atomic E-state index is 13.3. The van der Waals surface area contributed by atoms with Crippen molar-refractivity contribution in [1.82, 2.24) is 29.1 Å². The van der Waals surface area contributed by atoms with Crippen molar-refractivity contribution >= 4 is 17.4 Å². The van der Waals surface area contributed by atoms with Crippen molar-refractivity contribution < 1.29 is 31.1 Å². The zero-order valence-corrected chi connectivity index (χ0v) is 16.3. The van der Waals surface area contributed by atoms with Crippen molar-refractivity contribution in [3.8, 4) is 11.4 Å². The van der Waals surface area contributed by atoms with Crippen LogP contribution in [0.1, 0.15) is 17.1 Å². The molecule has 14 heteroatoms. The average Bonchev–Trinajstić information content (AvgIpc) is 3.31. The molecule has 0 radical (unpaired) electrons. The van der Waals surface area contributed by atoms with E-state index in [0.29, 0.717) is 17.1 Å². The van der Waals surface area contributed by atoms with Gasteiger partial charge in [-0.2, -0.15) is 35.8 Å². The number of alkyl halides is 6. The lowest BCUT2D eigenvalue weighted by Crippen LogP contribution is -2.18. The van der Waals surface area contributed by atoms with Gasteiger partial charge in [-0.25, -0.2) is 9.97 Å². The average molecular weight is 457 g/mol. The van der Waals surface area contributed by atoms with Gasteiger partial charge >= 0.3 is 12.4 Å². The lowest BCUT2D eigenvalue weighted by Gasteiger charge is -2.11. The van der Waals surface area contributed by atoms with Crippen molar-refractivity contribution in [2.24, 2.45) is 0 Å². The smallest absolute Gasteiger partial charge is 0.433 e. The van der Waals surface area contributed by atoms with Gasteiger partial charge in [0.2, 0.25) is 5.95 Å². The van der Waals surface area contributed by atoms with Crippen molar-refractivity contribution in [2.45, 2.75) is 19.3 Å². The minimum absolute atomic E-state index is 0.115. The Kier molecular flexibility index (Phi) is 4.94. The molecule has 3 aromatic heterocycles. The van der Waals surface area contributed by atoms with Crippen LogP contribution in [0.25, 0.3) is 11.5 Å². The molecule has 0 amide bonds. The first kappa shape index (κ1) is 21.4. The van der Waals surface area contributed by atoms with E-state index in [9.17, 15) is 26.3 Å². The third kappa shape index (κ3) is 4.02. The Bertz CT molecular complexity index is 1290. The fourth-order valence-corrected chi connectivity index (χ4v) is 2.92. The Labute approximate surface area is 175 Å². The predicted molar refractivity (Wildman–Crippen MR) is 98.9 cm³/mol. The highest BCUT2D eigenvalue weighted by atomic mass is 19.4. The molecule has 0 saturated carbocycles. The zero-order valence-electron chi connectivity index (χ0n) is 16.3. The Morgan fingerprint density at radius 2 is 1.75 bits per heavy atom. The molecular formula is C18H13F6N7O. The minimum Gasteiger partial charge on any atom is -0.494 e. The van der Waals surface area contributed by atoms with E-state index in [2.05, 4.69) is 25.4 Å². The quantitative estimate of drug-likeness (QED) is 0.458. The van der Waals surface area contributed by atoms with E-state index >= 15 is 0 Å². The highest BCUT2D eigenvalue weighted by Gasteiger charge is 2.40. The SMILES string of the molecule is COc1cc(Nc2nc3nc(C(F)(F)F)cc(C(F)(F)F)n3n2)ccc1-n1cnc(C)c1. The number of nitrogens with one attached hydrogen (secondary N) is 1. The van der Waals surface area contributed by atoms with Gasteiger partial charge in [0.25, 0.3) is 5.78 Å². The van der Waals surface area contributed by atoms with Crippen molar-refractivity contribution in [3.63, 3.8) is 0 Å². The maximum atomic E-state index is 13.3. The Hall–Kier alpha value is -3.84. The van der Waals surface area contributed by atoms with Gasteiger partial charge in [-0.1, -0.05) is 0 Å². The minimum atomic E-state index is -5.11. The number of methoxy groups -OCH3 is 1. The molecule has 0 bridgehead atoms. The number of ether oxygens (including phenoxy) is 1. The highest BCUT2D eigenvalue weighted by Crippen LogP contribution is 2.35. The number of rotatable bonds is 4. The summed E-state index contributed by atoms with van der Waals surface area (Å²) in [6.07, 6.45) is -6.86. The maximum Gasteiger partial charge on any atom is 0.433 e. The number of hydrogen-bond acceptors (Lipinski definition) is 6. The summed E-state index contributed by atoms with van der Waals surface area (Å²) in [6, 6.07) is 4.63. The fraction of sp³-hybridized carbons (Fsp3) is 0.222. The number of aryl methyl sites for hydroxylation is 1. The standard InChI is InChI=1S/C18H13F6N7O/c1-9-7-30(8-25-9)11-4-3-10(5-12(11)32-2)26-15-28-16-27-13(17(19,20)21)6-14(18(22,23)24)31(16)29-15/h3-8H,1-2H3,(H,26,29). The van der Waals surface area contributed by atoms with E-state index in [-0.39, 0.29) is 16.5 Å². The molecule has 0 fully saturated rings. The molecule has 3 heterocycles. The summed E-state index contributed by atoms with van der Waals surface area (Å²) in [4.78, 5) is 11.0. The molecule has 1 aromatic carbocycles. The van der Waals surface area contributed by atoms with E-state index in [1.807, 2.05) is 0 Å². The molecule has 32 heavy (non-hydrogen) atoms. The van der Waals surface area contributed by atoms with Crippen LogP contribution >= 0.6 is 0 Å². The van der Waals surface area contributed by atoms with E-state index in [0.717, 1.165) is 5.69 Å². The lowest BCUT2D eigenvalue weighted by atomic mass is 10.2. The number of hydrogen-bond donors (Lipinski definition) is 1. The monoisotopic (exact) mass is 457 g/mol. The largest absolute Gasteiger partial charge is 0.494 e. The second-order valence-corrected chi connectivity index (χ2v) is 6.60. The van der Waals surface area contributed by atoms with E-state index in [1.165, 1.54) is 13.2 Å². The first-order valence-electron chi connectivity index (χ1n) is 8.84. The fourth-order valence-electron chi connectivity index (χ4n) is 2.92. The highest BCUT2D eigenvalue weighted by molar-refractivity contribution is 5.62. The van der Waals surface area contributed by atoms with Gasteiger partial charge < -0.3 is 14.6 Å².